The van der Waals surface area contributed by atoms with Crippen molar-refractivity contribution in [2.75, 3.05) is 13.7 Å². The molecule has 1 aliphatic heterocycles. The molecule has 1 aromatic rings. The highest BCUT2D eigenvalue weighted by molar-refractivity contribution is 5.99. The lowest BCUT2D eigenvalue weighted by Gasteiger charge is -2.16. The van der Waals surface area contributed by atoms with Gasteiger partial charge in [0.1, 0.15) is 12.4 Å². The fourth-order valence-electron chi connectivity index (χ4n) is 4.43. The predicted octanol–water partition coefficient (Wildman–Crippen LogP) is 7.10. The molecule has 1 aromatic carbocycles. The van der Waals surface area contributed by atoms with Gasteiger partial charge in [-0.15, -0.1) is 0 Å². The summed E-state index contributed by atoms with van der Waals surface area (Å²) in [4.78, 5) is 4.80. The monoisotopic (exact) mass is 445 g/mol. The summed E-state index contributed by atoms with van der Waals surface area (Å²) in [5, 5.41) is 10.7. The smallest absolute Gasteiger partial charge is 0.220 e. The van der Waals surface area contributed by atoms with E-state index in [1.165, 1.54) is 64.2 Å². The van der Waals surface area contributed by atoms with Gasteiger partial charge in [-0.05, 0) is 30.4 Å². The van der Waals surface area contributed by atoms with E-state index >= 15 is 0 Å². The number of hydrogen-bond donors (Lipinski definition) is 1. The first-order valence-corrected chi connectivity index (χ1v) is 13.1. The zero-order chi connectivity index (χ0) is 23.2. The van der Waals surface area contributed by atoms with Gasteiger partial charge in [-0.3, -0.25) is 0 Å². The Balaban J connectivity index is 1.74. The second-order valence-corrected chi connectivity index (χ2v) is 9.73. The van der Waals surface area contributed by atoms with Gasteiger partial charge in [-0.25, -0.2) is 4.99 Å². The molecule has 4 heteroatoms. The van der Waals surface area contributed by atoms with E-state index in [4.69, 9.17) is 14.5 Å². The minimum Gasteiger partial charge on any atom is -0.496 e. The largest absolute Gasteiger partial charge is 0.496 e. The Hall–Kier alpha value is -1.55. The Morgan fingerprint density at radius 2 is 1.62 bits per heavy atom. The second kappa shape index (κ2) is 15.3. The zero-order valence-electron chi connectivity index (χ0n) is 21.1. The Bertz CT molecular complexity index is 671. The molecule has 0 saturated carbocycles. The van der Waals surface area contributed by atoms with Crippen molar-refractivity contribution in [1.82, 2.24) is 0 Å². The van der Waals surface area contributed by atoms with Crippen LogP contribution in [-0.2, 0) is 11.2 Å². The molecule has 2 rings (SSSR count). The van der Waals surface area contributed by atoms with Crippen molar-refractivity contribution in [3.8, 4) is 5.75 Å². The van der Waals surface area contributed by atoms with Crippen molar-refractivity contribution < 1.29 is 14.6 Å². The highest BCUT2D eigenvalue weighted by Crippen LogP contribution is 2.29. The maximum atomic E-state index is 10.7. The van der Waals surface area contributed by atoms with E-state index in [0.717, 1.165) is 29.7 Å². The third-order valence-electron chi connectivity index (χ3n) is 6.59. The lowest BCUT2D eigenvalue weighted by Crippen LogP contribution is -2.15. The van der Waals surface area contributed by atoms with E-state index in [1.54, 1.807) is 7.11 Å². The molecular formula is C28H47NO3. The van der Waals surface area contributed by atoms with Crippen molar-refractivity contribution in [2.24, 2.45) is 10.9 Å². The van der Waals surface area contributed by atoms with Crippen LogP contribution < -0.4 is 4.74 Å². The fourth-order valence-corrected chi connectivity index (χ4v) is 4.43. The van der Waals surface area contributed by atoms with Crippen LogP contribution in [0.5, 0.6) is 5.75 Å². The molecule has 182 valence electrons. The number of rotatable bonds is 17. The maximum Gasteiger partial charge on any atom is 0.220 e. The number of unbranched alkanes of at least 4 members (excludes halogenated alkanes) is 10. The van der Waals surface area contributed by atoms with Crippen LogP contribution in [-0.4, -0.2) is 36.9 Å². The van der Waals surface area contributed by atoms with E-state index in [2.05, 4.69) is 26.8 Å². The summed E-state index contributed by atoms with van der Waals surface area (Å²) >= 11 is 0. The minimum absolute atomic E-state index is 0.184. The summed E-state index contributed by atoms with van der Waals surface area (Å²) < 4.78 is 11.5. The molecule has 1 heterocycles. The summed E-state index contributed by atoms with van der Waals surface area (Å²) in [5.41, 5.74) is 1.97. The second-order valence-electron chi connectivity index (χ2n) is 9.73. The molecule has 0 fully saturated rings. The van der Waals surface area contributed by atoms with Gasteiger partial charge < -0.3 is 14.6 Å². The molecule has 2 atom stereocenters. The molecule has 4 nitrogen and oxygen atoms in total. The third kappa shape index (κ3) is 9.13. The van der Waals surface area contributed by atoms with E-state index in [0.29, 0.717) is 24.8 Å². The minimum atomic E-state index is -0.345. The van der Waals surface area contributed by atoms with Crippen LogP contribution in [0.2, 0.25) is 0 Å². The summed E-state index contributed by atoms with van der Waals surface area (Å²) in [5.74, 6) is 1.88. The quantitative estimate of drug-likeness (QED) is 0.260. The Labute approximate surface area is 196 Å². The fraction of sp³-hybridized carbons (Fsp3) is 0.750. The molecule has 1 N–H and O–H groups in total. The first-order chi connectivity index (χ1) is 15.6. The lowest BCUT2D eigenvalue weighted by molar-refractivity contribution is 0.160. The first-order valence-electron chi connectivity index (χ1n) is 13.1. The number of hydrogen-bond acceptors (Lipinski definition) is 4. The molecule has 0 bridgehead atoms. The van der Waals surface area contributed by atoms with E-state index in [9.17, 15) is 5.11 Å². The number of aliphatic hydroxyl groups is 1. The molecule has 0 saturated heterocycles. The number of aliphatic hydroxyl groups excluding tert-OH is 1. The SMILES string of the molecule is CCCCCCCCCCCCC[C@H](O)Cc1cccc(OC)c1C1=N[C@@H](C(C)C)CO1. The van der Waals surface area contributed by atoms with Crippen LogP contribution in [0.3, 0.4) is 0 Å². The third-order valence-corrected chi connectivity index (χ3v) is 6.59. The van der Waals surface area contributed by atoms with Crippen molar-refractivity contribution in [2.45, 2.75) is 116 Å². The van der Waals surface area contributed by atoms with Crippen molar-refractivity contribution in [3.05, 3.63) is 29.3 Å². The molecule has 0 amide bonds. The summed E-state index contributed by atoms with van der Waals surface area (Å²) in [7, 11) is 1.68. The van der Waals surface area contributed by atoms with Gasteiger partial charge in [-0.1, -0.05) is 104 Å². The molecular weight excluding hydrogens is 398 g/mol. The summed E-state index contributed by atoms with van der Waals surface area (Å²) in [6.45, 7) is 7.22. The molecule has 0 aliphatic carbocycles. The Kier molecular flexibility index (Phi) is 12.8. The van der Waals surface area contributed by atoms with Crippen LogP contribution in [0, 0.1) is 5.92 Å². The topological polar surface area (TPSA) is 51.0 Å². The van der Waals surface area contributed by atoms with Crippen LogP contribution in [0.1, 0.15) is 109 Å². The van der Waals surface area contributed by atoms with Gasteiger partial charge in [-0.2, -0.15) is 0 Å². The summed E-state index contributed by atoms with van der Waals surface area (Å²) in [6, 6.07) is 6.19. The Morgan fingerprint density at radius 1 is 1.00 bits per heavy atom. The summed E-state index contributed by atoms with van der Waals surface area (Å²) in [6.07, 6.45) is 15.7. The number of nitrogens with zero attached hydrogens (tertiary/aromatic N) is 1. The number of methoxy groups -OCH3 is 1. The van der Waals surface area contributed by atoms with Gasteiger partial charge in [0.05, 0.1) is 24.8 Å². The van der Waals surface area contributed by atoms with E-state index < -0.39 is 0 Å². The van der Waals surface area contributed by atoms with Crippen LogP contribution in [0.4, 0.5) is 0 Å². The average Bonchev–Trinajstić information content (AvgIpc) is 3.27. The predicted molar refractivity (Wildman–Crippen MR) is 135 cm³/mol. The molecule has 0 unspecified atom stereocenters. The van der Waals surface area contributed by atoms with Gasteiger partial charge in [0.15, 0.2) is 0 Å². The van der Waals surface area contributed by atoms with Crippen molar-refractivity contribution in [3.63, 3.8) is 0 Å². The van der Waals surface area contributed by atoms with Gasteiger partial charge in [0.2, 0.25) is 5.90 Å². The van der Waals surface area contributed by atoms with Gasteiger partial charge >= 0.3 is 0 Å². The molecule has 0 aromatic heterocycles. The molecule has 0 spiro atoms. The van der Waals surface area contributed by atoms with Crippen molar-refractivity contribution in [1.29, 1.82) is 0 Å². The van der Waals surface area contributed by atoms with E-state index in [-0.39, 0.29) is 12.1 Å². The van der Waals surface area contributed by atoms with Crippen LogP contribution >= 0.6 is 0 Å². The van der Waals surface area contributed by atoms with Gasteiger partial charge in [0.25, 0.3) is 0 Å². The normalized spacial score (nSPS) is 16.8. The average molecular weight is 446 g/mol. The van der Waals surface area contributed by atoms with E-state index in [1.807, 2.05) is 12.1 Å². The van der Waals surface area contributed by atoms with Crippen LogP contribution in [0.25, 0.3) is 0 Å². The maximum absolute atomic E-state index is 10.7. The zero-order valence-corrected chi connectivity index (χ0v) is 21.1. The standard InChI is InChI=1S/C28H47NO3/c1-5-6-7-8-9-10-11-12-13-14-15-18-24(30)20-23-17-16-19-26(31-4)27(23)28-29-25(21-32-28)22(2)3/h16-17,19,22,24-25,30H,5-15,18,20-21H2,1-4H3/t24-,25+/m0/s1. The lowest BCUT2D eigenvalue weighted by atomic mass is 9.97. The number of aliphatic imine (C=N–C) groups is 1. The highest BCUT2D eigenvalue weighted by Gasteiger charge is 2.27. The number of benzene rings is 1. The number of ether oxygens (including phenoxy) is 2. The molecule has 1 aliphatic rings. The first kappa shape index (κ1) is 26.7. The van der Waals surface area contributed by atoms with Crippen molar-refractivity contribution >= 4 is 5.90 Å². The molecule has 32 heavy (non-hydrogen) atoms. The van der Waals surface area contributed by atoms with Crippen LogP contribution in [0.15, 0.2) is 23.2 Å². The molecule has 0 radical (unpaired) electrons. The van der Waals surface area contributed by atoms with Gasteiger partial charge in [0, 0.05) is 0 Å². The highest BCUT2D eigenvalue weighted by atomic mass is 16.5. The Morgan fingerprint density at radius 3 is 2.19 bits per heavy atom.